The number of benzene rings is 2. The highest BCUT2D eigenvalue weighted by molar-refractivity contribution is 7.89. The van der Waals surface area contributed by atoms with Gasteiger partial charge in [-0.15, -0.1) is 11.3 Å². The van der Waals surface area contributed by atoms with E-state index in [4.69, 9.17) is 14.2 Å². The first-order valence-corrected chi connectivity index (χ1v) is 15.2. The Kier molecular flexibility index (Phi) is 8.53. The summed E-state index contributed by atoms with van der Waals surface area (Å²) in [4.78, 5) is 13.0. The minimum absolute atomic E-state index is 0.00808. The van der Waals surface area contributed by atoms with E-state index in [-0.39, 0.29) is 54.8 Å². The summed E-state index contributed by atoms with van der Waals surface area (Å²) >= 11 is 1.65. The van der Waals surface area contributed by atoms with Gasteiger partial charge < -0.3 is 24.6 Å². The molecule has 1 saturated carbocycles. The van der Waals surface area contributed by atoms with E-state index in [0.29, 0.717) is 12.2 Å². The minimum Gasteiger partial charge on any atom is -0.497 e. The Morgan fingerprint density at radius 2 is 1.92 bits per heavy atom. The van der Waals surface area contributed by atoms with Crippen LogP contribution in [0.15, 0.2) is 70.6 Å². The van der Waals surface area contributed by atoms with Gasteiger partial charge >= 0.3 is 0 Å². The molecule has 3 aromatic rings. The van der Waals surface area contributed by atoms with Crippen LogP contribution in [0.4, 0.5) is 0 Å². The van der Waals surface area contributed by atoms with Crippen molar-refractivity contribution in [3.63, 3.8) is 0 Å². The monoisotopic (exact) mass is 572 g/mol. The van der Waals surface area contributed by atoms with Crippen LogP contribution in [0.2, 0.25) is 0 Å². The smallest absolute Gasteiger partial charge is 0.286 e. The number of nitrogens with one attached hydrogen (secondary N) is 1. The van der Waals surface area contributed by atoms with E-state index in [9.17, 15) is 18.3 Å². The zero-order valence-electron chi connectivity index (χ0n) is 21.6. The van der Waals surface area contributed by atoms with Gasteiger partial charge in [0.15, 0.2) is 5.76 Å². The highest BCUT2D eigenvalue weighted by Gasteiger charge is 2.33. The summed E-state index contributed by atoms with van der Waals surface area (Å²) in [5.41, 5.74) is 1.10. The van der Waals surface area contributed by atoms with Gasteiger partial charge in [0, 0.05) is 36.2 Å². The molecule has 1 aromatic heterocycles. The van der Waals surface area contributed by atoms with Gasteiger partial charge in [-0.2, -0.15) is 4.31 Å². The number of allylic oxidation sites excluding steroid dienone is 1. The Morgan fingerprint density at radius 1 is 1.15 bits per heavy atom. The highest BCUT2D eigenvalue weighted by atomic mass is 32.2. The number of amides is 1. The fourth-order valence-corrected chi connectivity index (χ4v) is 6.99. The van der Waals surface area contributed by atoms with Gasteiger partial charge in [0.1, 0.15) is 5.75 Å². The van der Waals surface area contributed by atoms with E-state index in [1.807, 2.05) is 18.2 Å². The molecule has 1 fully saturated rings. The van der Waals surface area contributed by atoms with Gasteiger partial charge in [-0.3, -0.25) is 4.79 Å². The Hall–Kier alpha value is -2.96. The molecule has 9 nitrogen and oxygen atoms in total. The summed E-state index contributed by atoms with van der Waals surface area (Å²) in [5, 5.41) is 15.7. The number of aliphatic hydroxyl groups is 1. The molecule has 0 spiro atoms. The number of carbonyl (C=O) groups is 1. The first-order valence-electron chi connectivity index (χ1n) is 12.9. The molecule has 2 aliphatic rings. The molecule has 1 aliphatic carbocycles. The van der Waals surface area contributed by atoms with Crippen molar-refractivity contribution in [1.29, 1.82) is 0 Å². The van der Waals surface area contributed by atoms with Gasteiger partial charge in [-0.05, 0) is 65.6 Å². The molecule has 39 heavy (non-hydrogen) atoms. The Morgan fingerprint density at radius 3 is 2.64 bits per heavy atom. The lowest BCUT2D eigenvalue weighted by Gasteiger charge is -2.30. The molecular weight excluding hydrogens is 540 g/mol. The van der Waals surface area contributed by atoms with Gasteiger partial charge in [0.05, 0.1) is 25.2 Å². The van der Waals surface area contributed by atoms with E-state index in [1.165, 1.54) is 23.5 Å². The summed E-state index contributed by atoms with van der Waals surface area (Å²) in [6, 6.07) is 14.4. The SMILES string of the molecule is COc1ccc(S(=O)(=O)N(CCO)CCO[C@H]2C[C@@H](c3csc4ccccc34)C=C(C(=O)NC3CC3)O2)cc1. The summed E-state index contributed by atoms with van der Waals surface area (Å²) in [6.07, 6.45) is 3.52. The number of aliphatic hydroxyl groups excluding tert-OH is 1. The Bertz CT molecular complexity index is 1430. The quantitative estimate of drug-likeness (QED) is 0.341. The average Bonchev–Trinajstić information content (AvgIpc) is 3.66. The van der Waals surface area contributed by atoms with Crippen molar-refractivity contribution in [2.24, 2.45) is 0 Å². The van der Waals surface area contributed by atoms with Gasteiger partial charge in [-0.25, -0.2) is 8.42 Å². The van der Waals surface area contributed by atoms with Gasteiger partial charge in [-0.1, -0.05) is 18.2 Å². The second-order valence-electron chi connectivity index (χ2n) is 9.53. The fraction of sp³-hybridized carbons (Fsp3) is 0.393. The van der Waals surface area contributed by atoms with Crippen LogP contribution in [0.25, 0.3) is 10.1 Å². The van der Waals surface area contributed by atoms with Gasteiger partial charge in [0.2, 0.25) is 16.3 Å². The molecule has 11 heteroatoms. The molecule has 0 bridgehead atoms. The maximum atomic E-state index is 13.2. The summed E-state index contributed by atoms with van der Waals surface area (Å²) in [5.74, 6) is 0.398. The number of thiophene rings is 1. The molecule has 0 radical (unpaired) electrons. The third-order valence-electron chi connectivity index (χ3n) is 6.80. The average molecular weight is 573 g/mol. The molecule has 1 amide bonds. The van der Waals surface area contributed by atoms with E-state index < -0.39 is 16.3 Å². The highest BCUT2D eigenvalue weighted by Crippen LogP contribution is 2.38. The molecule has 2 atom stereocenters. The van der Waals surface area contributed by atoms with E-state index in [0.717, 1.165) is 28.5 Å². The topological polar surface area (TPSA) is 114 Å². The zero-order chi connectivity index (χ0) is 27.4. The second kappa shape index (κ2) is 12.1. The predicted octanol–water partition coefficient (Wildman–Crippen LogP) is 3.60. The number of ether oxygens (including phenoxy) is 3. The lowest BCUT2D eigenvalue weighted by Crippen LogP contribution is -2.38. The minimum atomic E-state index is -3.87. The number of carbonyl (C=O) groups excluding carboxylic acids is 1. The van der Waals surface area contributed by atoms with Crippen LogP contribution in [0, 0.1) is 0 Å². The van der Waals surface area contributed by atoms with Crippen molar-refractivity contribution in [2.45, 2.75) is 42.4 Å². The predicted molar refractivity (Wildman–Crippen MR) is 148 cm³/mol. The molecule has 2 N–H and O–H groups in total. The number of hydrogen-bond donors (Lipinski definition) is 2. The number of hydrogen-bond acceptors (Lipinski definition) is 8. The van der Waals surface area contributed by atoms with E-state index >= 15 is 0 Å². The Labute approximate surface area is 232 Å². The van der Waals surface area contributed by atoms with Crippen molar-refractivity contribution in [2.75, 3.05) is 33.4 Å². The van der Waals surface area contributed by atoms with Crippen molar-refractivity contribution in [3.05, 3.63) is 71.3 Å². The molecule has 0 unspecified atom stereocenters. The number of methoxy groups -OCH3 is 1. The summed E-state index contributed by atoms with van der Waals surface area (Å²) in [6.45, 7) is -0.388. The third kappa shape index (κ3) is 6.44. The van der Waals surface area contributed by atoms with Crippen molar-refractivity contribution >= 4 is 37.4 Å². The lowest BCUT2D eigenvalue weighted by atomic mass is 9.92. The molecule has 2 heterocycles. The van der Waals surface area contributed by atoms with Crippen molar-refractivity contribution in [3.8, 4) is 5.75 Å². The van der Waals surface area contributed by atoms with Gasteiger partial charge in [0.25, 0.3) is 5.91 Å². The summed E-state index contributed by atoms with van der Waals surface area (Å²) < 4.78 is 45.9. The maximum Gasteiger partial charge on any atom is 0.286 e. The largest absolute Gasteiger partial charge is 0.497 e. The standard InChI is InChI=1S/C28H32N2O7S2/c1-35-21-8-10-22(11-9-21)39(33,34)30(12-14-31)13-15-36-27-17-19(16-25(37-27)28(32)29-20-6-7-20)24-18-38-26-5-3-2-4-23(24)26/h2-5,8-11,16,18-20,27,31H,6-7,12-15,17H2,1H3,(H,29,32)/t19-,27+/m0/s1. The first kappa shape index (κ1) is 27.6. The fourth-order valence-electron chi connectivity index (χ4n) is 4.55. The molecule has 0 saturated heterocycles. The lowest BCUT2D eigenvalue weighted by molar-refractivity contribution is -0.146. The van der Waals surface area contributed by atoms with Crippen LogP contribution in [-0.2, 0) is 24.3 Å². The van der Waals surface area contributed by atoms with Crippen LogP contribution in [0.1, 0.15) is 30.7 Å². The van der Waals surface area contributed by atoms with E-state index in [2.05, 4.69) is 22.8 Å². The molecule has 1 aliphatic heterocycles. The van der Waals surface area contributed by atoms with Crippen LogP contribution >= 0.6 is 11.3 Å². The Balaban J connectivity index is 1.29. The maximum absolute atomic E-state index is 13.2. The van der Waals surface area contributed by atoms with E-state index in [1.54, 1.807) is 23.5 Å². The number of fused-ring (bicyclic) bond motifs is 1. The number of sulfonamides is 1. The van der Waals surface area contributed by atoms with Crippen molar-refractivity contribution in [1.82, 2.24) is 9.62 Å². The summed E-state index contributed by atoms with van der Waals surface area (Å²) in [7, 11) is -2.36. The van der Waals surface area contributed by atoms with Crippen molar-refractivity contribution < 1.29 is 32.5 Å². The number of nitrogens with zero attached hydrogens (tertiary/aromatic N) is 1. The normalized spacial score (nSPS) is 19.5. The molecule has 208 valence electrons. The van der Waals surface area contributed by atoms with Crippen LogP contribution in [0.3, 0.4) is 0 Å². The molecule has 2 aromatic carbocycles. The third-order valence-corrected chi connectivity index (χ3v) is 9.69. The van der Waals surface area contributed by atoms with Crippen LogP contribution in [-0.4, -0.2) is 69.5 Å². The number of rotatable bonds is 12. The van der Waals surface area contributed by atoms with Crippen LogP contribution in [0.5, 0.6) is 5.75 Å². The molecular formula is C28H32N2O7S2. The first-order chi connectivity index (χ1) is 18.9. The second-order valence-corrected chi connectivity index (χ2v) is 12.4. The zero-order valence-corrected chi connectivity index (χ0v) is 23.2. The van der Waals surface area contributed by atoms with Crippen LogP contribution < -0.4 is 10.1 Å². The molecule has 5 rings (SSSR count).